The highest BCUT2D eigenvalue weighted by Crippen LogP contribution is 2.28. The maximum Gasteiger partial charge on any atom is 0.213 e. The monoisotopic (exact) mass is 278 g/mol. The Labute approximate surface area is 124 Å². The molecule has 0 amide bonds. The highest BCUT2D eigenvalue weighted by Gasteiger charge is 2.21. The van der Waals surface area contributed by atoms with E-state index in [4.69, 9.17) is 0 Å². The summed E-state index contributed by atoms with van der Waals surface area (Å²) in [7, 11) is 2.03. The molecule has 106 valence electrons. The predicted octanol–water partition coefficient (Wildman–Crippen LogP) is 3.76. The number of para-hydroxylation sites is 1. The van der Waals surface area contributed by atoms with E-state index in [0.29, 0.717) is 5.69 Å². The van der Waals surface area contributed by atoms with E-state index in [-0.39, 0.29) is 5.78 Å². The number of benzene rings is 1. The molecule has 0 saturated heterocycles. The Bertz CT molecular complexity index is 788. The van der Waals surface area contributed by atoms with Crippen molar-refractivity contribution in [2.24, 2.45) is 7.05 Å². The Morgan fingerprint density at radius 3 is 2.62 bits per heavy atom. The summed E-state index contributed by atoms with van der Waals surface area (Å²) in [5, 5.41) is 1.01. The summed E-state index contributed by atoms with van der Waals surface area (Å²) in [6, 6.07) is 13.5. The molecule has 2 heterocycles. The van der Waals surface area contributed by atoms with Crippen molar-refractivity contribution in [1.29, 1.82) is 0 Å². The van der Waals surface area contributed by atoms with Gasteiger partial charge in [-0.2, -0.15) is 0 Å². The molecular weight excluding hydrogens is 260 g/mol. The van der Waals surface area contributed by atoms with Crippen LogP contribution in [-0.2, 0) is 13.5 Å². The molecule has 21 heavy (non-hydrogen) atoms. The maximum atomic E-state index is 12.9. The fourth-order valence-electron chi connectivity index (χ4n) is 2.85. The first-order chi connectivity index (χ1) is 10.2. The van der Waals surface area contributed by atoms with Gasteiger partial charge in [-0.15, -0.1) is 0 Å². The average Bonchev–Trinajstić information content (AvgIpc) is 2.81. The number of ketones is 1. The Balaban J connectivity index is 2.25. The Morgan fingerprint density at radius 2 is 1.90 bits per heavy atom. The number of aromatic nitrogens is 2. The van der Waals surface area contributed by atoms with E-state index in [1.165, 1.54) is 0 Å². The second kappa shape index (κ2) is 5.52. The van der Waals surface area contributed by atoms with Crippen LogP contribution in [-0.4, -0.2) is 15.3 Å². The average molecular weight is 278 g/mol. The molecule has 1 aromatic carbocycles. The van der Waals surface area contributed by atoms with Crippen LogP contribution in [0.2, 0.25) is 0 Å². The van der Waals surface area contributed by atoms with E-state index >= 15 is 0 Å². The van der Waals surface area contributed by atoms with Gasteiger partial charge in [-0.1, -0.05) is 37.6 Å². The number of carbonyl (C=O) groups is 1. The SMILES string of the molecule is CCCc1c(C(=O)c2ccccn2)c2ccccc2n1C. The Morgan fingerprint density at radius 1 is 1.14 bits per heavy atom. The third-order valence-corrected chi connectivity index (χ3v) is 3.84. The van der Waals surface area contributed by atoms with Gasteiger partial charge in [-0.05, 0) is 24.6 Å². The van der Waals surface area contributed by atoms with Crippen LogP contribution in [0, 0.1) is 0 Å². The molecular formula is C18H18N2O. The number of carbonyl (C=O) groups excluding carboxylic acids is 1. The summed E-state index contributed by atoms with van der Waals surface area (Å²) in [4.78, 5) is 17.1. The molecule has 3 nitrogen and oxygen atoms in total. The van der Waals surface area contributed by atoms with E-state index < -0.39 is 0 Å². The molecule has 0 aliphatic carbocycles. The quantitative estimate of drug-likeness (QED) is 0.681. The number of pyridine rings is 1. The van der Waals surface area contributed by atoms with E-state index in [9.17, 15) is 4.79 Å². The normalized spacial score (nSPS) is 11.0. The van der Waals surface area contributed by atoms with Gasteiger partial charge in [0, 0.05) is 29.8 Å². The van der Waals surface area contributed by atoms with Crippen LogP contribution in [0.15, 0.2) is 48.7 Å². The third-order valence-electron chi connectivity index (χ3n) is 3.84. The van der Waals surface area contributed by atoms with Crippen LogP contribution in [0.25, 0.3) is 10.9 Å². The molecule has 0 aliphatic heterocycles. The maximum absolute atomic E-state index is 12.9. The zero-order valence-electron chi connectivity index (χ0n) is 12.3. The van der Waals surface area contributed by atoms with Crippen LogP contribution < -0.4 is 0 Å². The van der Waals surface area contributed by atoms with E-state index in [1.807, 2.05) is 37.4 Å². The number of hydrogen-bond donors (Lipinski definition) is 0. The molecule has 3 aromatic rings. The van der Waals surface area contributed by atoms with Crippen LogP contribution in [0.3, 0.4) is 0 Å². The summed E-state index contributed by atoms with van der Waals surface area (Å²) in [6.07, 6.45) is 3.56. The molecule has 0 unspecified atom stereocenters. The summed E-state index contributed by atoms with van der Waals surface area (Å²) in [5.74, 6) is 0.0100. The molecule has 0 bridgehead atoms. The largest absolute Gasteiger partial charge is 0.347 e. The van der Waals surface area contributed by atoms with Crippen molar-refractivity contribution < 1.29 is 4.79 Å². The lowest BCUT2D eigenvalue weighted by Crippen LogP contribution is -2.08. The lowest BCUT2D eigenvalue weighted by atomic mass is 10.0. The minimum absolute atomic E-state index is 0.0100. The molecule has 0 saturated carbocycles. The number of aryl methyl sites for hydroxylation is 1. The zero-order valence-corrected chi connectivity index (χ0v) is 12.3. The molecule has 3 rings (SSSR count). The molecule has 3 heteroatoms. The van der Waals surface area contributed by atoms with Gasteiger partial charge >= 0.3 is 0 Å². The molecule has 0 N–H and O–H groups in total. The molecule has 0 spiro atoms. The van der Waals surface area contributed by atoms with Crippen LogP contribution in [0.5, 0.6) is 0 Å². The fourth-order valence-corrected chi connectivity index (χ4v) is 2.85. The number of fused-ring (bicyclic) bond motifs is 1. The predicted molar refractivity (Wildman–Crippen MR) is 84.6 cm³/mol. The van der Waals surface area contributed by atoms with Crippen molar-refractivity contribution in [2.75, 3.05) is 0 Å². The van der Waals surface area contributed by atoms with Gasteiger partial charge in [0.15, 0.2) is 0 Å². The lowest BCUT2D eigenvalue weighted by Gasteiger charge is -2.06. The van der Waals surface area contributed by atoms with E-state index in [1.54, 1.807) is 12.3 Å². The highest BCUT2D eigenvalue weighted by atomic mass is 16.1. The van der Waals surface area contributed by atoms with Gasteiger partial charge in [0.1, 0.15) is 5.69 Å². The number of nitrogens with zero attached hydrogens (tertiary/aromatic N) is 2. The minimum Gasteiger partial charge on any atom is -0.347 e. The van der Waals surface area contributed by atoms with Gasteiger partial charge in [0.2, 0.25) is 5.78 Å². The molecule has 2 aromatic heterocycles. The summed E-state index contributed by atoms with van der Waals surface area (Å²) in [5.41, 5.74) is 3.49. The van der Waals surface area contributed by atoms with E-state index in [0.717, 1.165) is 35.0 Å². The third kappa shape index (κ3) is 2.25. The van der Waals surface area contributed by atoms with Crippen molar-refractivity contribution in [3.63, 3.8) is 0 Å². The number of hydrogen-bond acceptors (Lipinski definition) is 2. The Kier molecular flexibility index (Phi) is 3.57. The Hall–Kier alpha value is -2.42. The van der Waals surface area contributed by atoms with Crippen molar-refractivity contribution in [3.05, 3.63) is 65.6 Å². The summed E-state index contributed by atoms with van der Waals surface area (Å²) < 4.78 is 2.13. The molecule has 0 fully saturated rings. The standard InChI is InChI=1S/C18H18N2O/c1-3-8-16-17(18(21)14-10-6-7-12-19-14)13-9-4-5-11-15(13)20(16)2/h4-7,9-12H,3,8H2,1-2H3. The first-order valence-corrected chi connectivity index (χ1v) is 7.26. The summed E-state index contributed by atoms with van der Waals surface area (Å²) in [6.45, 7) is 2.13. The van der Waals surface area contributed by atoms with Crippen molar-refractivity contribution in [2.45, 2.75) is 19.8 Å². The first-order valence-electron chi connectivity index (χ1n) is 7.26. The summed E-state index contributed by atoms with van der Waals surface area (Å²) >= 11 is 0. The highest BCUT2D eigenvalue weighted by molar-refractivity contribution is 6.16. The van der Waals surface area contributed by atoms with Crippen molar-refractivity contribution in [1.82, 2.24) is 9.55 Å². The van der Waals surface area contributed by atoms with Gasteiger partial charge in [0.05, 0.1) is 5.56 Å². The van der Waals surface area contributed by atoms with Gasteiger partial charge in [-0.25, -0.2) is 0 Å². The zero-order chi connectivity index (χ0) is 14.8. The van der Waals surface area contributed by atoms with Gasteiger partial charge in [-0.3, -0.25) is 9.78 Å². The minimum atomic E-state index is 0.0100. The van der Waals surface area contributed by atoms with E-state index in [2.05, 4.69) is 22.5 Å². The second-order valence-electron chi connectivity index (χ2n) is 5.19. The second-order valence-corrected chi connectivity index (χ2v) is 5.19. The van der Waals surface area contributed by atoms with Crippen molar-refractivity contribution >= 4 is 16.7 Å². The molecule has 0 atom stereocenters. The van der Waals surface area contributed by atoms with Crippen LogP contribution in [0.4, 0.5) is 0 Å². The topological polar surface area (TPSA) is 34.9 Å². The molecule has 0 radical (unpaired) electrons. The van der Waals surface area contributed by atoms with Crippen LogP contribution >= 0.6 is 0 Å². The van der Waals surface area contributed by atoms with Gasteiger partial charge < -0.3 is 4.57 Å². The fraction of sp³-hybridized carbons (Fsp3) is 0.222. The molecule has 0 aliphatic rings. The van der Waals surface area contributed by atoms with Crippen molar-refractivity contribution in [3.8, 4) is 0 Å². The lowest BCUT2D eigenvalue weighted by molar-refractivity contribution is 0.103. The number of rotatable bonds is 4. The smallest absolute Gasteiger partial charge is 0.213 e. The van der Waals surface area contributed by atoms with Crippen LogP contribution in [0.1, 0.15) is 35.1 Å². The van der Waals surface area contributed by atoms with Gasteiger partial charge in [0.25, 0.3) is 0 Å². The first kappa shape index (κ1) is 13.6.